The first kappa shape index (κ1) is 9.70. The van der Waals surface area contributed by atoms with Crippen molar-refractivity contribution in [1.82, 2.24) is 5.43 Å². The van der Waals surface area contributed by atoms with E-state index in [0.29, 0.717) is 10.0 Å². The van der Waals surface area contributed by atoms with E-state index >= 15 is 0 Å². The Labute approximate surface area is 86.6 Å². The minimum atomic E-state index is -0.311. The lowest BCUT2D eigenvalue weighted by atomic mass is 10.2. The van der Waals surface area contributed by atoms with Gasteiger partial charge in [-0.25, -0.2) is 5.84 Å². The third kappa shape index (κ3) is 2.06. The molecule has 0 fully saturated rings. The molecule has 3 N–H and O–H groups in total. The SMILES string of the molecule is NNC(=O)c1ccc(Br)cc1Br. The van der Waals surface area contributed by atoms with Crippen molar-refractivity contribution in [1.29, 1.82) is 0 Å². The maximum atomic E-state index is 11.1. The van der Waals surface area contributed by atoms with Crippen LogP contribution >= 0.6 is 31.9 Å². The zero-order chi connectivity index (χ0) is 9.14. The van der Waals surface area contributed by atoms with Gasteiger partial charge < -0.3 is 0 Å². The highest BCUT2D eigenvalue weighted by molar-refractivity contribution is 9.11. The summed E-state index contributed by atoms with van der Waals surface area (Å²) in [6.45, 7) is 0. The molecule has 0 aliphatic heterocycles. The minimum absolute atomic E-state index is 0.311. The number of nitrogens with two attached hydrogens (primary N) is 1. The molecule has 0 spiro atoms. The molecule has 0 aromatic heterocycles. The fraction of sp³-hybridized carbons (Fsp3) is 0. The van der Waals surface area contributed by atoms with Gasteiger partial charge in [0.2, 0.25) is 0 Å². The summed E-state index contributed by atoms with van der Waals surface area (Å²) in [6, 6.07) is 5.23. The van der Waals surface area contributed by atoms with Crippen LogP contribution in [0.1, 0.15) is 10.4 Å². The largest absolute Gasteiger partial charge is 0.290 e. The number of halogens is 2. The first-order chi connectivity index (χ1) is 5.65. The Kier molecular flexibility index (Phi) is 3.25. The summed E-state index contributed by atoms with van der Waals surface area (Å²) >= 11 is 6.52. The molecular weight excluding hydrogens is 288 g/mol. The van der Waals surface area contributed by atoms with E-state index in [4.69, 9.17) is 5.84 Å². The van der Waals surface area contributed by atoms with Crippen LogP contribution in [0.5, 0.6) is 0 Å². The van der Waals surface area contributed by atoms with Crippen molar-refractivity contribution >= 4 is 37.8 Å². The third-order valence-electron chi connectivity index (χ3n) is 1.31. The second-order valence-electron chi connectivity index (χ2n) is 2.10. The van der Waals surface area contributed by atoms with Crippen molar-refractivity contribution in [2.45, 2.75) is 0 Å². The monoisotopic (exact) mass is 292 g/mol. The van der Waals surface area contributed by atoms with Crippen molar-refractivity contribution in [3.63, 3.8) is 0 Å². The molecule has 0 saturated heterocycles. The van der Waals surface area contributed by atoms with Gasteiger partial charge in [-0.2, -0.15) is 0 Å². The first-order valence-corrected chi connectivity index (χ1v) is 4.69. The number of rotatable bonds is 1. The van der Waals surface area contributed by atoms with Crippen molar-refractivity contribution in [2.24, 2.45) is 5.84 Å². The van der Waals surface area contributed by atoms with Crippen LogP contribution < -0.4 is 11.3 Å². The van der Waals surface area contributed by atoms with E-state index in [0.717, 1.165) is 4.47 Å². The fourth-order valence-corrected chi connectivity index (χ4v) is 1.98. The fourth-order valence-electron chi connectivity index (χ4n) is 0.751. The van der Waals surface area contributed by atoms with E-state index in [1.807, 2.05) is 0 Å². The predicted octanol–water partition coefficient (Wildman–Crippen LogP) is 1.82. The Morgan fingerprint density at radius 3 is 2.58 bits per heavy atom. The highest BCUT2D eigenvalue weighted by Gasteiger charge is 2.07. The molecule has 1 aromatic carbocycles. The number of carbonyl (C=O) groups excluding carboxylic acids is 1. The Morgan fingerprint density at radius 1 is 1.42 bits per heavy atom. The lowest BCUT2D eigenvalue weighted by molar-refractivity contribution is 0.0953. The molecule has 64 valence electrons. The molecule has 0 heterocycles. The van der Waals surface area contributed by atoms with Gasteiger partial charge in [-0.3, -0.25) is 10.2 Å². The second-order valence-corrected chi connectivity index (χ2v) is 3.87. The zero-order valence-corrected chi connectivity index (χ0v) is 9.15. The van der Waals surface area contributed by atoms with E-state index in [-0.39, 0.29) is 5.91 Å². The molecule has 0 saturated carbocycles. The molecule has 3 nitrogen and oxygen atoms in total. The van der Waals surface area contributed by atoms with Crippen LogP contribution in [-0.4, -0.2) is 5.91 Å². The second kappa shape index (κ2) is 4.02. The van der Waals surface area contributed by atoms with E-state index in [1.54, 1.807) is 18.2 Å². The predicted molar refractivity (Wildman–Crippen MR) is 53.5 cm³/mol. The summed E-state index contributed by atoms with van der Waals surface area (Å²) in [6.07, 6.45) is 0. The van der Waals surface area contributed by atoms with Crippen molar-refractivity contribution in [2.75, 3.05) is 0 Å². The molecule has 0 bridgehead atoms. The molecule has 5 heteroatoms. The molecule has 0 unspecified atom stereocenters. The van der Waals surface area contributed by atoms with Crippen molar-refractivity contribution in [3.05, 3.63) is 32.7 Å². The Bertz CT molecular complexity index is 314. The van der Waals surface area contributed by atoms with Crippen LogP contribution in [0.25, 0.3) is 0 Å². The summed E-state index contributed by atoms with van der Waals surface area (Å²) in [4.78, 5) is 11.1. The highest BCUT2D eigenvalue weighted by Crippen LogP contribution is 2.21. The van der Waals surface area contributed by atoms with Crippen LogP contribution in [-0.2, 0) is 0 Å². The average Bonchev–Trinajstić information content (AvgIpc) is 2.03. The molecule has 1 rings (SSSR count). The number of amides is 1. The third-order valence-corrected chi connectivity index (χ3v) is 2.46. The van der Waals surface area contributed by atoms with E-state index in [1.165, 1.54) is 0 Å². The van der Waals surface area contributed by atoms with Crippen LogP contribution in [0, 0.1) is 0 Å². The number of nitrogens with one attached hydrogen (secondary N) is 1. The van der Waals surface area contributed by atoms with Crippen LogP contribution in [0.4, 0.5) is 0 Å². The Morgan fingerprint density at radius 2 is 2.08 bits per heavy atom. The number of hydrogen-bond donors (Lipinski definition) is 2. The summed E-state index contributed by atoms with van der Waals surface area (Å²) < 4.78 is 1.61. The number of nitrogen functional groups attached to an aromatic ring is 1. The van der Waals surface area contributed by atoms with Gasteiger partial charge in [-0.15, -0.1) is 0 Å². The van der Waals surface area contributed by atoms with Gasteiger partial charge in [0.05, 0.1) is 5.56 Å². The molecule has 1 amide bonds. The van der Waals surface area contributed by atoms with Gasteiger partial charge in [0.15, 0.2) is 0 Å². The van der Waals surface area contributed by atoms with E-state index in [2.05, 4.69) is 37.3 Å². The molecule has 0 aliphatic carbocycles. The number of benzene rings is 1. The number of hydrazine groups is 1. The summed E-state index contributed by atoms with van der Waals surface area (Å²) in [5.41, 5.74) is 2.57. The Balaban J connectivity index is 3.09. The topological polar surface area (TPSA) is 55.1 Å². The first-order valence-electron chi connectivity index (χ1n) is 3.11. The van der Waals surface area contributed by atoms with Crippen molar-refractivity contribution < 1.29 is 4.79 Å². The van der Waals surface area contributed by atoms with Gasteiger partial charge in [0.1, 0.15) is 0 Å². The average molecular weight is 294 g/mol. The van der Waals surface area contributed by atoms with Crippen LogP contribution in [0.2, 0.25) is 0 Å². The normalized spacial score (nSPS) is 9.58. The van der Waals surface area contributed by atoms with Gasteiger partial charge in [0.25, 0.3) is 5.91 Å². The van der Waals surface area contributed by atoms with Gasteiger partial charge in [-0.05, 0) is 34.1 Å². The van der Waals surface area contributed by atoms with E-state index < -0.39 is 0 Å². The molecule has 0 atom stereocenters. The molecule has 0 radical (unpaired) electrons. The standard InChI is InChI=1S/C7H6Br2N2O/c8-4-1-2-5(6(9)3-4)7(12)11-10/h1-3H,10H2,(H,11,12). The molecule has 1 aromatic rings. The lowest BCUT2D eigenvalue weighted by Gasteiger charge is -2.02. The smallest absolute Gasteiger partial charge is 0.266 e. The maximum Gasteiger partial charge on any atom is 0.266 e. The highest BCUT2D eigenvalue weighted by atomic mass is 79.9. The van der Waals surface area contributed by atoms with Gasteiger partial charge >= 0.3 is 0 Å². The minimum Gasteiger partial charge on any atom is -0.290 e. The summed E-state index contributed by atoms with van der Waals surface area (Å²) in [7, 11) is 0. The van der Waals surface area contributed by atoms with E-state index in [9.17, 15) is 4.79 Å². The van der Waals surface area contributed by atoms with Gasteiger partial charge in [-0.1, -0.05) is 15.9 Å². The molecule has 12 heavy (non-hydrogen) atoms. The zero-order valence-electron chi connectivity index (χ0n) is 5.97. The number of carbonyl (C=O) groups is 1. The quantitative estimate of drug-likeness (QED) is 0.471. The molecular formula is C7H6Br2N2O. The number of hydrogen-bond acceptors (Lipinski definition) is 2. The van der Waals surface area contributed by atoms with Crippen LogP contribution in [0.15, 0.2) is 27.1 Å². The summed E-state index contributed by atoms with van der Waals surface area (Å²) in [5.74, 6) is 4.67. The summed E-state index contributed by atoms with van der Waals surface area (Å²) in [5, 5.41) is 0. The van der Waals surface area contributed by atoms with Gasteiger partial charge in [0, 0.05) is 8.95 Å². The Hall–Kier alpha value is -0.390. The molecule has 0 aliphatic rings. The van der Waals surface area contributed by atoms with Crippen molar-refractivity contribution in [3.8, 4) is 0 Å². The maximum absolute atomic E-state index is 11.1. The van der Waals surface area contributed by atoms with Crippen LogP contribution in [0.3, 0.4) is 0 Å². The lowest BCUT2D eigenvalue weighted by Crippen LogP contribution is -2.30.